The number of amides is 1. The number of nitrogens with one attached hydrogen (secondary N) is 2. The Hall–Kier alpha value is -1.08. The van der Waals surface area contributed by atoms with Crippen LogP contribution >= 0.6 is 10.7 Å². The summed E-state index contributed by atoms with van der Waals surface area (Å²) < 4.78 is 23.6. The molecule has 0 aromatic carbocycles. The zero-order valence-corrected chi connectivity index (χ0v) is 14.1. The molecular weight excluding hydrogens is 314 g/mol. The Bertz CT molecular complexity index is 657. The van der Waals surface area contributed by atoms with Crippen LogP contribution in [0.4, 0.5) is 0 Å². The van der Waals surface area contributed by atoms with Crippen LogP contribution in [0.3, 0.4) is 0 Å². The van der Waals surface area contributed by atoms with Crippen LogP contribution in [0.2, 0.25) is 0 Å². The smallest absolute Gasteiger partial charge is 0.273 e. The minimum atomic E-state index is -4.02. The SMILES string of the molecule is CC(NC(=O)c1n[nH]c(C2CC2)c1S(=O)(=O)Cl)C(C)(C)C. The molecule has 1 aliphatic carbocycles. The second kappa shape index (κ2) is 5.28. The highest BCUT2D eigenvalue weighted by Crippen LogP contribution is 2.43. The first-order chi connectivity index (χ1) is 9.51. The number of aromatic amines is 1. The van der Waals surface area contributed by atoms with Gasteiger partial charge in [0.15, 0.2) is 5.69 Å². The maximum Gasteiger partial charge on any atom is 0.273 e. The van der Waals surface area contributed by atoms with E-state index in [1.54, 1.807) is 0 Å². The van der Waals surface area contributed by atoms with Gasteiger partial charge in [0.2, 0.25) is 0 Å². The highest BCUT2D eigenvalue weighted by atomic mass is 35.7. The molecule has 1 unspecified atom stereocenters. The molecular formula is C13H20ClN3O3S. The molecule has 0 bridgehead atoms. The number of H-pyrrole nitrogens is 1. The van der Waals surface area contributed by atoms with E-state index in [9.17, 15) is 13.2 Å². The quantitative estimate of drug-likeness (QED) is 0.827. The molecule has 118 valence electrons. The summed E-state index contributed by atoms with van der Waals surface area (Å²) in [7, 11) is 1.46. The third kappa shape index (κ3) is 3.58. The van der Waals surface area contributed by atoms with Crippen molar-refractivity contribution in [1.29, 1.82) is 0 Å². The summed E-state index contributed by atoms with van der Waals surface area (Å²) >= 11 is 0. The fourth-order valence-electron chi connectivity index (χ4n) is 1.88. The van der Waals surface area contributed by atoms with Gasteiger partial charge in [-0.15, -0.1) is 0 Å². The van der Waals surface area contributed by atoms with Gasteiger partial charge in [-0.1, -0.05) is 20.8 Å². The van der Waals surface area contributed by atoms with Crippen LogP contribution < -0.4 is 5.32 Å². The van der Waals surface area contributed by atoms with E-state index < -0.39 is 15.0 Å². The number of hydrogen-bond donors (Lipinski definition) is 2. The van der Waals surface area contributed by atoms with Gasteiger partial charge in [0.1, 0.15) is 4.90 Å². The zero-order chi connectivity index (χ0) is 16.0. The average Bonchev–Trinajstić information content (AvgIpc) is 3.04. The molecule has 6 nitrogen and oxygen atoms in total. The summed E-state index contributed by atoms with van der Waals surface area (Å²) in [5.74, 6) is -0.428. The molecule has 0 radical (unpaired) electrons. The maximum atomic E-state index is 12.3. The van der Waals surface area contributed by atoms with E-state index in [4.69, 9.17) is 10.7 Å². The lowest BCUT2D eigenvalue weighted by molar-refractivity contribution is 0.0901. The van der Waals surface area contributed by atoms with Crippen LogP contribution in [0.1, 0.15) is 62.6 Å². The molecule has 0 spiro atoms. The maximum absolute atomic E-state index is 12.3. The summed E-state index contributed by atoms with van der Waals surface area (Å²) in [5, 5.41) is 9.32. The Labute approximate surface area is 129 Å². The summed E-state index contributed by atoms with van der Waals surface area (Å²) in [6.45, 7) is 7.81. The first-order valence-corrected chi connectivity index (χ1v) is 9.16. The molecule has 2 rings (SSSR count). The van der Waals surface area contributed by atoms with Crippen LogP contribution in [0.15, 0.2) is 4.90 Å². The van der Waals surface area contributed by atoms with Crippen LogP contribution in [0, 0.1) is 5.41 Å². The minimum absolute atomic E-state index is 0.0996. The van der Waals surface area contributed by atoms with Crippen molar-refractivity contribution in [3.63, 3.8) is 0 Å². The van der Waals surface area contributed by atoms with Crippen LogP contribution in [0.25, 0.3) is 0 Å². The van der Waals surface area contributed by atoms with Crippen molar-refractivity contribution in [2.45, 2.75) is 57.4 Å². The lowest BCUT2D eigenvalue weighted by Gasteiger charge is -2.27. The Morgan fingerprint density at radius 2 is 2.00 bits per heavy atom. The number of aromatic nitrogens is 2. The summed E-state index contributed by atoms with van der Waals surface area (Å²) in [6, 6.07) is -0.142. The molecule has 1 aromatic rings. The molecule has 0 aliphatic heterocycles. The van der Waals surface area contributed by atoms with Crippen molar-refractivity contribution in [2.24, 2.45) is 5.41 Å². The van der Waals surface area contributed by atoms with Gasteiger partial charge in [-0.3, -0.25) is 9.89 Å². The monoisotopic (exact) mass is 333 g/mol. The van der Waals surface area contributed by atoms with E-state index in [1.807, 2.05) is 27.7 Å². The van der Waals surface area contributed by atoms with Crippen molar-refractivity contribution in [3.05, 3.63) is 11.4 Å². The molecule has 2 N–H and O–H groups in total. The fraction of sp³-hybridized carbons (Fsp3) is 0.692. The van der Waals surface area contributed by atoms with E-state index >= 15 is 0 Å². The molecule has 1 saturated carbocycles. The normalized spacial score (nSPS) is 17.6. The molecule has 1 amide bonds. The Morgan fingerprint density at radius 1 is 1.43 bits per heavy atom. The van der Waals surface area contributed by atoms with Gasteiger partial charge in [0, 0.05) is 22.6 Å². The molecule has 1 heterocycles. The van der Waals surface area contributed by atoms with Gasteiger partial charge in [-0.05, 0) is 25.2 Å². The Kier molecular flexibility index (Phi) is 4.10. The van der Waals surface area contributed by atoms with Crippen LogP contribution in [0.5, 0.6) is 0 Å². The topological polar surface area (TPSA) is 91.9 Å². The van der Waals surface area contributed by atoms with Crippen LogP contribution in [-0.2, 0) is 9.05 Å². The second-order valence-corrected chi connectivity index (χ2v) is 9.09. The number of rotatable bonds is 4. The standard InChI is InChI=1S/C13H20ClN3O3S/c1-7(13(2,3)4)15-12(18)10-11(21(14,19)20)9(16-17-10)8-5-6-8/h7-8H,5-6H2,1-4H3,(H,15,18)(H,16,17). The predicted molar refractivity (Wildman–Crippen MR) is 80.0 cm³/mol. The molecule has 1 atom stereocenters. The summed E-state index contributed by atoms with van der Waals surface area (Å²) in [6.07, 6.45) is 1.75. The minimum Gasteiger partial charge on any atom is -0.348 e. The van der Waals surface area contributed by atoms with Gasteiger partial charge in [0.05, 0.1) is 5.69 Å². The van der Waals surface area contributed by atoms with Gasteiger partial charge in [-0.2, -0.15) is 5.10 Å². The molecule has 0 saturated heterocycles. The largest absolute Gasteiger partial charge is 0.348 e. The summed E-state index contributed by atoms with van der Waals surface area (Å²) in [5.41, 5.74) is 0.146. The number of carbonyl (C=O) groups excluding carboxylic acids is 1. The Balaban J connectivity index is 2.34. The van der Waals surface area contributed by atoms with E-state index in [1.165, 1.54) is 0 Å². The molecule has 8 heteroatoms. The number of carbonyl (C=O) groups is 1. The van der Waals surface area contributed by atoms with E-state index in [2.05, 4.69) is 15.5 Å². The van der Waals surface area contributed by atoms with Crippen LogP contribution in [-0.4, -0.2) is 30.6 Å². The lowest BCUT2D eigenvalue weighted by Crippen LogP contribution is -2.41. The molecule has 1 aromatic heterocycles. The second-order valence-electron chi connectivity index (χ2n) is 6.59. The zero-order valence-electron chi connectivity index (χ0n) is 12.5. The van der Waals surface area contributed by atoms with Gasteiger partial charge >= 0.3 is 0 Å². The number of nitrogens with zero attached hydrogens (tertiary/aromatic N) is 1. The third-order valence-electron chi connectivity index (χ3n) is 3.84. The van der Waals surface area contributed by atoms with E-state index in [0.717, 1.165) is 12.8 Å². The molecule has 21 heavy (non-hydrogen) atoms. The van der Waals surface area contributed by atoms with E-state index in [0.29, 0.717) is 5.69 Å². The first-order valence-electron chi connectivity index (χ1n) is 6.85. The van der Waals surface area contributed by atoms with Crippen molar-refractivity contribution >= 4 is 25.6 Å². The lowest BCUT2D eigenvalue weighted by atomic mass is 9.88. The van der Waals surface area contributed by atoms with Gasteiger partial charge in [-0.25, -0.2) is 8.42 Å². The average molecular weight is 334 g/mol. The van der Waals surface area contributed by atoms with Crippen molar-refractivity contribution in [2.75, 3.05) is 0 Å². The molecule has 1 aliphatic rings. The highest BCUT2D eigenvalue weighted by Gasteiger charge is 2.37. The highest BCUT2D eigenvalue weighted by molar-refractivity contribution is 8.13. The summed E-state index contributed by atoms with van der Waals surface area (Å²) in [4.78, 5) is 12.1. The predicted octanol–water partition coefficient (Wildman–Crippen LogP) is 2.38. The number of halogens is 1. The number of hydrogen-bond acceptors (Lipinski definition) is 4. The molecule has 1 fully saturated rings. The van der Waals surface area contributed by atoms with Crippen molar-refractivity contribution in [3.8, 4) is 0 Å². The fourth-order valence-corrected chi connectivity index (χ4v) is 3.19. The van der Waals surface area contributed by atoms with Crippen molar-refractivity contribution in [1.82, 2.24) is 15.5 Å². The third-order valence-corrected chi connectivity index (χ3v) is 5.20. The van der Waals surface area contributed by atoms with Gasteiger partial charge in [0.25, 0.3) is 15.0 Å². The van der Waals surface area contributed by atoms with Crippen molar-refractivity contribution < 1.29 is 13.2 Å². The van der Waals surface area contributed by atoms with E-state index in [-0.39, 0.29) is 28.0 Å². The van der Waals surface area contributed by atoms with Gasteiger partial charge < -0.3 is 5.32 Å². The first kappa shape index (κ1) is 16.3. The Morgan fingerprint density at radius 3 is 2.43 bits per heavy atom.